The Morgan fingerprint density at radius 1 is 1.03 bits per heavy atom. The molecule has 5 heteroatoms. The molecule has 0 aliphatic carbocycles. The minimum absolute atomic E-state index is 0.0212. The van der Waals surface area contributed by atoms with Crippen LogP contribution in [0.4, 0.5) is 5.69 Å². The molecule has 4 nitrogen and oxygen atoms in total. The summed E-state index contributed by atoms with van der Waals surface area (Å²) in [6.07, 6.45) is 1.82. The van der Waals surface area contributed by atoms with Gasteiger partial charge in [0.2, 0.25) is 0 Å². The number of hydrogen-bond donors (Lipinski definition) is 1. The number of rotatable bonds is 10. The van der Waals surface area contributed by atoms with E-state index in [-0.39, 0.29) is 5.91 Å². The summed E-state index contributed by atoms with van der Waals surface area (Å²) in [4.78, 5) is 22.6. The third-order valence-corrected chi connectivity index (χ3v) is 6.55. The molecule has 0 saturated carbocycles. The molecule has 0 aromatic heterocycles. The van der Waals surface area contributed by atoms with Crippen molar-refractivity contribution >= 4 is 29.1 Å². The van der Waals surface area contributed by atoms with Crippen molar-refractivity contribution < 1.29 is 4.79 Å². The van der Waals surface area contributed by atoms with Gasteiger partial charge in [-0.2, -0.15) is 0 Å². The number of nitrogens with zero attached hydrogens (tertiary/aromatic N) is 2. The Bertz CT molecular complexity index is 942. The lowest BCUT2D eigenvalue weighted by Crippen LogP contribution is -2.34. The molecule has 2 aromatic carbocycles. The van der Waals surface area contributed by atoms with Crippen LogP contribution in [0.3, 0.4) is 0 Å². The van der Waals surface area contributed by atoms with Crippen LogP contribution in [-0.2, 0) is 0 Å². The molecule has 1 heterocycles. The van der Waals surface area contributed by atoms with Gasteiger partial charge in [0.1, 0.15) is 0 Å². The third kappa shape index (κ3) is 6.69. The summed E-state index contributed by atoms with van der Waals surface area (Å²) >= 11 is 1.73. The van der Waals surface area contributed by atoms with Gasteiger partial charge in [-0.25, -0.2) is 0 Å². The fourth-order valence-corrected chi connectivity index (χ4v) is 5.14. The normalized spacial score (nSPS) is 13.1. The fraction of sp³-hybridized carbons (Fsp3) is 0.481. The minimum atomic E-state index is -0.0212. The maximum Gasteiger partial charge on any atom is 0.251 e. The average Bonchev–Trinajstić information content (AvgIpc) is 2.91. The largest absolute Gasteiger partial charge is 0.352 e. The summed E-state index contributed by atoms with van der Waals surface area (Å²) in [5.74, 6) is 1.29. The molecule has 0 radical (unpaired) electrons. The van der Waals surface area contributed by atoms with Crippen molar-refractivity contribution in [3.63, 3.8) is 0 Å². The van der Waals surface area contributed by atoms with E-state index in [1.165, 1.54) is 10.5 Å². The standard InChI is InChI=1S/C27H37N3OS/c1-6-23-22-10-7-8-11-25(22)32-26-13-12-21(16-24(26)29-23)27(31)28-14-9-15-30(17-19(2)3)18-20(4)5/h7-8,10-13,16,19-20H,6,9,14-15,17-18H2,1-5H3,(H,28,31). The van der Waals surface area contributed by atoms with E-state index in [4.69, 9.17) is 4.99 Å². The van der Waals surface area contributed by atoms with E-state index in [1.807, 2.05) is 18.2 Å². The molecule has 3 rings (SSSR count). The predicted octanol–water partition coefficient (Wildman–Crippen LogP) is 6.42. The number of amides is 1. The van der Waals surface area contributed by atoms with E-state index in [0.717, 1.165) is 48.8 Å². The Balaban J connectivity index is 1.63. The number of fused-ring (bicyclic) bond motifs is 2. The summed E-state index contributed by atoms with van der Waals surface area (Å²) in [6, 6.07) is 14.3. The van der Waals surface area contributed by atoms with Crippen molar-refractivity contribution in [3.8, 4) is 0 Å². The van der Waals surface area contributed by atoms with Gasteiger partial charge < -0.3 is 10.2 Å². The van der Waals surface area contributed by atoms with Crippen LogP contribution >= 0.6 is 11.8 Å². The van der Waals surface area contributed by atoms with Gasteiger partial charge in [0.15, 0.2) is 0 Å². The molecule has 0 bridgehead atoms. The van der Waals surface area contributed by atoms with Gasteiger partial charge in [0, 0.05) is 46.3 Å². The average molecular weight is 452 g/mol. The molecular weight excluding hydrogens is 414 g/mol. The SMILES string of the molecule is CCC1=Nc2cc(C(=O)NCCCN(CC(C)C)CC(C)C)ccc2Sc2ccccc21. The topological polar surface area (TPSA) is 44.7 Å². The van der Waals surface area contributed by atoms with Crippen molar-refractivity contribution in [2.45, 2.75) is 57.3 Å². The molecule has 1 aliphatic heterocycles. The lowest BCUT2D eigenvalue weighted by molar-refractivity contribution is 0.0950. The quantitative estimate of drug-likeness (QED) is 0.424. The summed E-state index contributed by atoms with van der Waals surface area (Å²) in [6.45, 7) is 15.1. The van der Waals surface area contributed by atoms with Crippen molar-refractivity contribution in [1.82, 2.24) is 10.2 Å². The van der Waals surface area contributed by atoms with E-state index < -0.39 is 0 Å². The van der Waals surface area contributed by atoms with Crippen LogP contribution in [0.15, 0.2) is 57.2 Å². The second-order valence-electron chi connectivity index (χ2n) is 9.35. The molecule has 0 fully saturated rings. The van der Waals surface area contributed by atoms with E-state index in [9.17, 15) is 4.79 Å². The molecule has 32 heavy (non-hydrogen) atoms. The van der Waals surface area contributed by atoms with Gasteiger partial charge in [-0.15, -0.1) is 0 Å². The highest BCUT2D eigenvalue weighted by Gasteiger charge is 2.18. The fourth-order valence-electron chi connectivity index (χ4n) is 4.12. The number of carbonyl (C=O) groups is 1. The summed E-state index contributed by atoms with van der Waals surface area (Å²) in [7, 11) is 0. The molecule has 0 saturated heterocycles. The predicted molar refractivity (Wildman–Crippen MR) is 137 cm³/mol. The van der Waals surface area contributed by atoms with Gasteiger partial charge in [-0.05, 0) is 55.5 Å². The minimum Gasteiger partial charge on any atom is -0.352 e. The van der Waals surface area contributed by atoms with Gasteiger partial charge >= 0.3 is 0 Å². The Kier molecular flexibility index (Phi) is 8.94. The first-order valence-corrected chi connectivity index (χ1v) is 12.7. The first-order valence-electron chi connectivity index (χ1n) is 11.9. The highest BCUT2D eigenvalue weighted by molar-refractivity contribution is 7.99. The molecule has 0 atom stereocenters. The van der Waals surface area contributed by atoms with Crippen LogP contribution in [0.1, 0.15) is 63.4 Å². The van der Waals surface area contributed by atoms with Crippen LogP contribution in [-0.4, -0.2) is 42.7 Å². The van der Waals surface area contributed by atoms with E-state index in [0.29, 0.717) is 23.9 Å². The molecule has 1 amide bonds. The number of aliphatic imine (C=N–C) groups is 1. The van der Waals surface area contributed by atoms with Crippen LogP contribution in [0.5, 0.6) is 0 Å². The molecule has 0 spiro atoms. The molecule has 2 aromatic rings. The zero-order valence-electron chi connectivity index (χ0n) is 20.1. The molecule has 1 N–H and O–H groups in total. The molecular formula is C27H37N3OS. The Morgan fingerprint density at radius 2 is 1.75 bits per heavy atom. The lowest BCUT2D eigenvalue weighted by atomic mass is 10.1. The highest BCUT2D eigenvalue weighted by Crippen LogP contribution is 2.41. The van der Waals surface area contributed by atoms with Crippen LogP contribution in [0.25, 0.3) is 0 Å². The number of carbonyl (C=O) groups excluding carboxylic acids is 1. The summed E-state index contributed by atoms with van der Waals surface area (Å²) in [5.41, 5.74) is 3.82. The second kappa shape index (κ2) is 11.7. The highest BCUT2D eigenvalue weighted by atomic mass is 32.2. The smallest absolute Gasteiger partial charge is 0.251 e. The summed E-state index contributed by atoms with van der Waals surface area (Å²) < 4.78 is 0. The van der Waals surface area contributed by atoms with Crippen molar-refractivity contribution in [1.29, 1.82) is 0 Å². The number of hydrogen-bond acceptors (Lipinski definition) is 4. The Labute approximate surface area is 197 Å². The first kappa shape index (κ1) is 24.5. The van der Waals surface area contributed by atoms with Gasteiger partial charge in [-0.1, -0.05) is 64.6 Å². The zero-order chi connectivity index (χ0) is 23.1. The van der Waals surface area contributed by atoms with Gasteiger partial charge in [0.25, 0.3) is 5.91 Å². The maximum atomic E-state index is 12.8. The van der Waals surface area contributed by atoms with Crippen LogP contribution in [0, 0.1) is 11.8 Å². The van der Waals surface area contributed by atoms with Crippen molar-refractivity contribution in [2.24, 2.45) is 16.8 Å². The van der Waals surface area contributed by atoms with Gasteiger partial charge in [0.05, 0.1) is 5.69 Å². The Hall–Kier alpha value is -2.11. The van der Waals surface area contributed by atoms with E-state index in [2.05, 4.69) is 69.1 Å². The monoisotopic (exact) mass is 451 g/mol. The molecule has 172 valence electrons. The Morgan fingerprint density at radius 3 is 2.44 bits per heavy atom. The van der Waals surface area contributed by atoms with Gasteiger partial charge in [-0.3, -0.25) is 9.79 Å². The first-order chi connectivity index (χ1) is 15.4. The molecule has 0 unspecified atom stereocenters. The lowest BCUT2D eigenvalue weighted by Gasteiger charge is -2.26. The zero-order valence-corrected chi connectivity index (χ0v) is 21.0. The van der Waals surface area contributed by atoms with Crippen LogP contribution < -0.4 is 5.32 Å². The summed E-state index contributed by atoms with van der Waals surface area (Å²) in [5, 5.41) is 3.10. The van der Waals surface area contributed by atoms with Crippen molar-refractivity contribution in [2.75, 3.05) is 26.2 Å². The third-order valence-electron chi connectivity index (χ3n) is 5.41. The number of nitrogens with one attached hydrogen (secondary N) is 1. The van der Waals surface area contributed by atoms with E-state index in [1.54, 1.807) is 11.8 Å². The second-order valence-corrected chi connectivity index (χ2v) is 10.4. The maximum absolute atomic E-state index is 12.8. The molecule has 1 aliphatic rings. The van der Waals surface area contributed by atoms with E-state index >= 15 is 0 Å². The number of benzene rings is 2. The van der Waals surface area contributed by atoms with Crippen molar-refractivity contribution in [3.05, 3.63) is 53.6 Å². The van der Waals surface area contributed by atoms with Crippen LogP contribution in [0.2, 0.25) is 0 Å².